The summed E-state index contributed by atoms with van der Waals surface area (Å²) in [6.07, 6.45) is 0. The van der Waals surface area contributed by atoms with Crippen molar-refractivity contribution in [3.63, 3.8) is 0 Å². The first-order chi connectivity index (χ1) is 4.61. The van der Waals surface area contributed by atoms with Gasteiger partial charge in [0.15, 0.2) is 0 Å². The fourth-order valence-electron chi connectivity index (χ4n) is 0.525. The highest BCUT2D eigenvalue weighted by atomic mass is 127. The minimum absolute atomic E-state index is 1.08. The summed E-state index contributed by atoms with van der Waals surface area (Å²) < 4.78 is 4.48. The molecule has 1 aromatic rings. The van der Waals surface area contributed by atoms with Crippen molar-refractivity contribution >= 4 is 70.4 Å². The van der Waals surface area contributed by atoms with Crippen LogP contribution in [0.4, 0.5) is 0 Å². The van der Waals surface area contributed by atoms with Crippen LogP contribution in [-0.4, -0.2) is 0 Å². The zero-order chi connectivity index (χ0) is 7.72. The lowest BCUT2D eigenvalue weighted by atomic mass is 10.4. The molecule has 0 bridgehead atoms. The summed E-state index contributed by atoms with van der Waals surface area (Å²) in [5.41, 5.74) is 0. The molecule has 1 rings (SSSR count). The summed E-state index contributed by atoms with van der Waals surface area (Å²) in [6, 6.07) is 4.04. The van der Waals surface area contributed by atoms with Crippen molar-refractivity contribution in [2.45, 2.75) is 0 Å². The molecule has 0 N–H and O–H groups in total. The van der Waals surface area contributed by atoms with Crippen LogP contribution >= 0.6 is 70.4 Å². The smallest absolute Gasteiger partial charge is 0.0415 e. The molecule has 0 spiro atoms. The molecule has 0 aromatic heterocycles. The first kappa shape index (κ1) is 9.48. The molecule has 0 radical (unpaired) electrons. The second-order valence-electron chi connectivity index (χ2n) is 1.68. The molecular formula is C6H2Br3I. The first-order valence-corrected chi connectivity index (χ1v) is 5.87. The molecule has 54 valence electrons. The molecular weight excluding hydrogens is 439 g/mol. The largest absolute Gasteiger partial charge is 0.0508 e. The normalized spacial score (nSPS) is 10.0. The Balaban J connectivity index is 3.31. The number of hydrogen-bond donors (Lipinski definition) is 0. The summed E-state index contributed by atoms with van der Waals surface area (Å²) in [5.74, 6) is 0. The topological polar surface area (TPSA) is 0 Å². The van der Waals surface area contributed by atoms with Crippen LogP contribution in [-0.2, 0) is 0 Å². The molecule has 0 aliphatic heterocycles. The molecule has 0 saturated heterocycles. The highest BCUT2D eigenvalue weighted by Crippen LogP contribution is 2.30. The standard InChI is InChI=1S/C6H2Br3I/c7-3-1-4(8)6(10)5(9)2-3/h1-2H. The number of benzene rings is 1. The fourth-order valence-corrected chi connectivity index (χ4v) is 3.09. The second-order valence-corrected chi connectivity index (χ2v) is 5.39. The van der Waals surface area contributed by atoms with Gasteiger partial charge in [0.2, 0.25) is 0 Å². The molecule has 0 amide bonds. The van der Waals surface area contributed by atoms with Crippen LogP contribution in [0.15, 0.2) is 25.6 Å². The van der Waals surface area contributed by atoms with E-state index in [0.717, 1.165) is 13.4 Å². The molecule has 0 nitrogen and oxygen atoms in total. The van der Waals surface area contributed by atoms with E-state index in [1.165, 1.54) is 3.57 Å². The van der Waals surface area contributed by atoms with Crippen molar-refractivity contribution in [2.24, 2.45) is 0 Å². The van der Waals surface area contributed by atoms with Gasteiger partial charge in [0.1, 0.15) is 0 Å². The summed E-state index contributed by atoms with van der Waals surface area (Å²) in [4.78, 5) is 0. The summed E-state index contributed by atoms with van der Waals surface area (Å²) in [7, 11) is 0. The Morgan fingerprint density at radius 3 is 1.80 bits per heavy atom. The van der Waals surface area contributed by atoms with E-state index in [9.17, 15) is 0 Å². The van der Waals surface area contributed by atoms with Gasteiger partial charge in [-0.05, 0) is 66.6 Å². The lowest BCUT2D eigenvalue weighted by Crippen LogP contribution is -1.76. The Bertz CT molecular complexity index is 236. The van der Waals surface area contributed by atoms with Crippen LogP contribution in [0.25, 0.3) is 0 Å². The molecule has 0 heterocycles. The Kier molecular flexibility index (Phi) is 3.67. The van der Waals surface area contributed by atoms with Crippen LogP contribution < -0.4 is 0 Å². The minimum atomic E-state index is 1.08. The fraction of sp³-hybridized carbons (Fsp3) is 0. The highest BCUT2D eigenvalue weighted by molar-refractivity contribution is 14.1. The molecule has 0 fully saturated rings. The Morgan fingerprint density at radius 2 is 1.40 bits per heavy atom. The molecule has 0 atom stereocenters. The quantitative estimate of drug-likeness (QED) is 0.315. The Labute approximate surface area is 98.3 Å². The van der Waals surface area contributed by atoms with Gasteiger partial charge in [0.05, 0.1) is 0 Å². The maximum absolute atomic E-state index is 3.43. The zero-order valence-electron chi connectivity index (χ0n) is 4.67. The number of halogens is 4. The van der Waals surface area contributed by atoms with Gasteiger partial charge < -0.3 is 0 Å². The molecule has 0 aliphatic carbocycles. The van der Waals surface area contributed by atoms with Crippen molar-refractivity contribution < 1.29 is 0 Å². The highest BCUT2D eigenvalue weighted by Gasteiger charge is 2.01. The lowest BCUT2D eigenvalue weighted by Gasteiger charge is -1.99. The second kappa shape index (κ2) is 3.87. The van der Waals surface area contributed by atoms with Gasteiger partial charge in [0.25, 0.3) is 0 Å². The third-order valence-corrected chi connectivity index (χ3v) is 5.30. The molecule has 0 unspecified atom stereocenters. The van der Waals surface area contributed by atoms with Crippen molar-refractivity contribution in [3.8, 4) is 0 Å². The average molecular weight is 441 g/mol. The van der Waals surface area contributed by atoms with E-state index >= 15 is 0 Å². The lowest BCUT2D eigenvalue weighted by molar-refractivity contribution is 1.50. The summed E-state index contributed by atoms with van der Waals surface area (Å²) >= 11 is 12.5. The van der Waals surface area contributed by atoms with Crippen LogP contribution in [0.5, 0.6) is 0 Å². The van der Waals surface area contributed by atoms with Gasteiger partial charge >= 0.3 is 0 Å². The van der Waals surface area contributed by atoms with Crippen LogP contribution in [0.2, 0.25) is 0 Å². The van der Waals surface area contributed by atoms with Crippen molar-refractivity contribution in [1.29, 1.82) is 0 Å². The Morgan fingerprint density at radius 1 is 1.00 bits per heavy atom. The SMILES string of the molecule is Brc1cc(Br)c(I)c(Br)c1. The van der Waals surface area contributed by atoms with Crippen LogP contribution in [0, 0.1) is 3.57 Å². The molecule has 4 heteroatoms. The molecule has 0 saturated carbocycles. The van der Waals surface area contributed by atoms with E-state index in [0.29, 0.717) is 0 Å². The van der Waals surface area contributed by atoms with Gasteiger partial charge in [-0.2, -0.15) is 0 Å². The van der Waals surface area contributed by atoms with Crippen LogP contribution in [0.1, 0.15) is 0 Å². The summed E-state index contributed by atoms with van der Waals surface area (Å²) in [5, 5.41) is 0. The van der Waals surface area contributed by atoms with Crippen molar-refractivity contribution in [1.82, 2.24) is 0 Å². The molecule has 10 heavy (non-hydrogen) atoms. The monoisotopic (exact) mass is 438 g/mol. The van der Waals surface area contributed by atoms with E-state index in [1.54, 1.807) is 0 Å². The Hall–Kier alpha value is 1.39. The zero-order valence-corrected chi connectivity index (χ0v) is 11.6. The average Bonchev–Trinajstić information content (AvgIpc) is 1.82. The van der Waals surface area contributed by atoms with E-state index < -0.39 is 0 Å². The maximum atomic E-state index is 3.43. The third kappa shape index (κ3) is 2.19. The first-order valence-electron chi connectivity index (χ1n) is 2.41. The molecule has 0 aliphatic rings. The number of rotatable bonds is 0. The van der Waals surface area contributed by atoms with Gasteiger partial charge in [-0.15, -0.1) is 0 Å². The predicted molar refractivity (Wildman–Crippen MR) is 62.3 cm³/mol. The van der Waals surface area contributed by atoms with Crippen LogP contribution in [0.3, 0.4) is 0 Å². The van der Waals surface area contributed by atoms with E-state index in [-0.39, 0.29) is 0 Å². The van der Waals surface area contributed by atoms with Gasteiger partial charge in [-0.25, -0.2) is 0 Å². The van der Waals surface area contributed by atoms with Crippen molar-refractivity contribution in [3.05, 3.63) is 29.1 Å². The molecule has 1 aromatic carbocycles. The van der Waals surface area contributed by atoms with Gasteiger partial charge in [-0.3, -0.25) is 0 Å². The van der Waals surface area contributed by atoms with E-state index in [1.807, 2.05) is 12.1 Å². The number of hydrogen-bond acceptors (Lipinski definition) is 0. The summed E-state index contributed by atoms with van der Waals surface area (Å²) in [6.45, 7) is 0. The predicted octanol–water partition coefficient (Wildman–Crippen LogP) is 4.58. The minimum Gasteiger partial charge on any atom is -0.0508 e. The maximum Gasteiger partial charge on any atom is 0.0415 e. The van der Waals surface area contributed by atoms with E-state index in [2.05, 4.69) is 70.4 Å². The van der Waals surface area contributed by atoms with Crippen molar-refractivity contribution in [2.75, 3.05) is 0 Å². The van der Waals surface area contributed by atoms with E-state index in [4.69, 9.17) is 0 Å². The van der Waals surface area contributed by atoms with Gasteiger partial charge in [0, 0.05) is 17.0 Å². The third-order valence-electron chi connectivity index (χ3n) is 0.949. The van der Waals surface area contributed by atoms with Gasteiger partial charge in [-0.1, -0.05) is 15.9 Å².